The summed E-state index contributed by atoms with van der Waals surface area (Å²) in [5.74, 6) is 0. The highest BCUT2D eigenvalue weighted by Crippen LogP contribution is 2.49. The Kier molecular flexibility index (Phi) is 6.00. The number of anilines is 1. The summed E-state index contributed by atoms with van der Waals surface area (Å²) in [4.78, 5) is 1.43. The van der Waals surface area contributed by atoms with Crippen LogP contribution in [0.15, 0.2) is 133 Å². The van der Waals surface area contributed by atoms with Crippen molar-refractivity contribution in [2.45, 2.75) is 26.2 Å². The summed E-state index contributed by atoms with van der Waals surface area (Å²) in [6.45, 7) is 2.22. The first-order valence-electron chi connectivity index (χ1n) is 16.8. The molecule has 3 aromatic heterocycles. The average Bonchev–Trinajstić information content (AvgIpc) is 3.79. The molecule has 0 radical (unpaired) electrons. The Balaban J connectivity index is 1.25. The number of para-hydroxylation sites is 2. The number of aromatic nitrogens is 2. The first-order chi connectivity index (χ1) is 23.7. The molecular formula is C44H33N3S. The lowest BCUT2D eigenvalue weighted by Gasteiger charge is -2.17. The van der Waals surface area contributed by atoms with Crippen LogP contribution in [0.25, 0.3) is 75.7 Å². The second-order valence-corrected chi connectivity index (χ2v) is 14.0. The van der Waals surface area contributed by atoms with Gasteiger partial charge >= 0.3 is 0 Å². The molecule has 0 saturated carbocycles. The molecule has 3 heterocycles. The van der Waals surface area contributed by atoms with Crippen molar-refractivity contribution in [1.29, 1.82) is 0 Å². The highest BCUT2D eigenvalue weighted by atomic mass is 32.1. The number of aryl methyl sites for hydroxylation is 2. The van der Waals surface area contributed by atoms with Crippen molar-refractivity contribution in [3.63, 3.8) is 0 Å². The molecule has 48 heavy (non-hydrogen) atoms. The Bertz CT molecular complexity index is 2720. The van der Waals surface area contributed by atoms with Gasteiger partial charge in [0, 0.05) is 53.9 Å². The van der Waals surface area contributed by atoms with Crippen molar-refractivity contribution in [1.82, 2.24) is 9.13 Å². The second kappa shape index (κ2) is 10.5. The summed E-state index contributed by atoms with van der Waals surface area (Å²) >= 11 is 1.94. The lowest BCUT2D eigenvalue weighted by molar-refractivity contribution is 0.874. The van der Waals surface area contributed by atoms with Crippen LogP contribution in [-0.4, -0.2) is 9.13 Å². The zero-order valence-electron chi connectivity index (χ0n) is 26.7. The van der Waals surface area contributed by atoms with E-state index in [1.54, 1.807) is 0 Å². The van der Waals surface area contributed by atoms with Gasteiger partial charge in [-0.2, -0.15) is 0 Å². The van der Waals surface area contributed by atoms with E-state index in [0.717, 1.165) is 36.2 Å². The quantitative estimate of drug-likeness (QED) is 0.192. The normalized spacial score (nSPS) is 12.7. The van der Waals surface area contributed by atoms with Crippen LogP contribution in [0.4, 0.5) is 5.69 Å². The van der Waals surface area contributed by atoms with Crippen molar-refractivity contribution in [3.05, 3.63) is 150 Å². The first-order valence-corrected chi connectivity index (χ1v) is 17.7. The number of hydrogen-bond donors (Lipinski definition) is 1. The predicted octanol–water partition coefficient (Wildman–Crippen LogP) is 11.5. The Morgan fingerprint density at radius 2 is 1.42 bits per heavy atom. The minimum absolute atomic E-state index is 0.756. The molecule has 6 aromatic carbocycles. The smallest absolute Gasteiger partial charge is 0.0561 e. The number of fused-ring (bicyclic) bond motifs is 10. The van der Waals surface area contributed by atoms with Crippen LogP contribution in [0.3, 0.4) is 0 Å². The summed E-state index contributed by atoms with van der Waals surface area (Å²) in [6, 6.07) is 48.9. The molecule has 0 amide bonds. The van der Waals surface area contributed by atoms with Crippen molar-refractivity contribution < 1.29 is 0 Å². The summed E-state index contributed by atoms with van der Waals surface area (Å²) < 4.78 is 6.30. The fraction of sp³-hybridized carbons (Fsp3) is 0.0909. The molecule has 10 rings (SSSR count). The van der Waals surface area contributed by atoms with Crippen LogP contribution in [0.5, 0.6) is 0 Å². The fourth-order valence-electron chi connectivity index (χ4n) is 8.14. The number of hydrogen-bond acceptors (Lipinski definition) is 2. The third-order valence-electron chi connectivity index (χ3n) is 10.3. The van der Waals surface area contributed by atoms with E-state index in [1.807, 2.05) is 17.4 Å². The Morgan fingerprint density at radius 1 is 0.625 bits per heavy atom. The average molecular weight is 636 g/mol. The summed E-state index contributed by atoms with van der Waals surface area (Å²) in [6.07, 6.45) is 3.07. The van der Waals surface area contributed by atoms with E-state index in [9.17, 15) is 0 Å². The zero-order valence-corrected chi connectivity index (χ0v) is 27.5. The molecule has 230 valence electrons. The molecule has 0 atom stereocenters. The summed E-state index contributed by atoms with van der Waals surface area (Å²) in [5.41, 5.74) is 21.2. The molecule has 0 unspecified atom stereocenters. The van der Waals surface area contributed by atoms with E-state index < -0.39 is 0 Å². The van der Waals surface area contributed by atoms with Crippen molar-refractivity contribution in [2.75, 3.05) is 5.73 Å². The van der Waals surface area contributed by atoms with E-state index in [4.69, 9.17) is 5.73 Å². The SMILES string of the molecule is CCc1ccc2c(c1)c1ccccc1n2-c1cc(N)ccc1-c1ccc2c3c(n(-c4ccccc4)c2c1)CCc1c-3sc2ccccc12. The maximum absolute atomic E-state index is 6.56. The number of nitrogens with zero attached hydrogens (tertiary/aromatic N) is 2. The van der Waals surface area contributed by atoms with Crippen LogP contribution in [-0.2, 0) is 19.3 Å². The molecule has 4 heteroatoms. The molecule has 0 spiro atoms. The molecule has 0 fully saturated rings. The Morgan fingerprint density at radius 3 is 2.29 bits per heavy atom. The monoisotopic (exact) mass is 635 g/mol. The van der Waals surface area contributed by atoms with Crippen molar-refractivity contribution in [3.8, 4) is 32.9 Å². The molecule has 1 aliphatic rings. The van der Waals surface area contributed by atoms with Crippen LogP contribution >= 0.6 is 11.3 Å². The molecular weight excluding hydrogens is 603 g/mol. The second-order valence-electron chi connectivity index (χ2n) is 13.0. The van der Waals surface area contributed by atoms with Gasteiger partial charge in [0.25, 0.3) is 0 Å². The lowest BCUT2D eigenvalue weighted by atomic mass is 9.92. The summed E-state index contributed by atoms with van der Waals surface area (Å²) in [7, 11) is 0. The van der Waals surface area contributed by atoms with Crippen molar-refractivity contribution >= 4 is 59.8 Å². The van der Waals surface area contributed by atoms with E-state index in [0.29, 0.717) is 0 Å². The largest absolute Gasteiger partial charge is 0.399 e. The lowest BCUT2D eigenvalue weighted by Crippen LogP contribution is -2.06. The van der Waals surface area contributed by atoms with E-state index in [1.165, 1.54) is 81.3 Å². The Labute approximate surface area is 283 Å². The molecule has 0 aliphatic heterocycles. The van der Waals surface area contributed by atoms with Gasteiger partial charge in [-0.25, -0.2) is 0 Å². The maximum Gasteiger partial charge on any atom is 0.0561 e. The first kappa shape index (κ1) is 27.5. The number of nitrogen functional groups attached to an aromatic ring is 1. The van der Waals surface area contributed by atoms with Gasteiger partial charge in [-0.3, -0.25) is 0 Å². The molecule has 2 N–H and O–H groups in total. The third kappa shape index (κ3) is 3.93. The van der Waals surface area contributed by atoms with Crippen LogP contribution in [0, 0.1) is 0 Å². The Hall–Kier alpha value is -5.58. The molecule has 1 aliphatic carbocycles. The fourth-order valence-corrected chi connectivity index (χ4v) is 9.47. The number of benzene rings is 6. The number of thiophene rings is 1. The van der Waals surface area contributed by atoms with Gasteiger partial charge in [0.15, 0.2) is 0 Å². The molecule has 0 bridgehead atoms. The topological polar surface area (TPSA) is 35.9 Å². The van der Waals surface area contributed by atoms with Gasteiger partial charge < -0.3 is 14.9 Å². The van der Waals surface area contributed by atoms with Crippen LogP contribution < -0.4 is 5.73 Å². The highest BCUT2D eigenvalue weighted by molar-refractivity contribution is 7.22. The van der Waals surface area contributed by atoms with E-state index in [2.05, 4.69) is 143 Å². The standard InChI is InChI=1S/C44H33N3S/c1-2-27-16-22-38-36(24-27)32-12-6-8-14-37(32)47(38)41-26-29(45)18-20-31(41)28-17-19-35-40(25-28)46(30-10-4-3-5-11-30)39-23-21-34-33-13-7-9-15-42(33)48-44(34)43(35)39/h3-20,22,24-26H,2,21,23,45H2,1H3. The minimum Gasteiger partial charge on any atom is -0.399 e. The van der Waals surface area contributed by atoms with Crippen molar-refractivity contribution in [2.24, 2.45) is 0 Å². The maximum atomic E-state index is 6.56. The van der Waals surface area contributed by atoms with Gasteiger partial charge in [0.1, 0.15) is 0 Å². The predicted molar refractivity (Wildman–Crippen MR) is 205 cm³/mol. The molecule has 0 saturated heterocycles. The third-order valence-corrected chi connectivity index (χ3v) is 11.6. The molecule has 3 nitrogen and oxygen atoms in total. The number of rotatable bonds is 4. The minimum atomic E-state index is 0.756. The van der Waals surface area contributed by atoms with Crippen LogP contribution in [0.2, 0.25) is 0 Å². The van der Waals surface area contributed by atoms with Crippen LogP contribution in [0.1, 0.15) is 23.7 Å². The number of nitrogens with two attached hydrogens (primary N) is 1. The van der Waals surface area contributed by atoms with Gasteiger partial charge in [-0.1, -0.05) is 85.8 Å². The van der Waals surface area contributed by atoms with Gasteiger partial charge in [0.2, 0.25) is 0 Å². The molecule has 9 aromatic rings. The van der Waals surface area contributed by atoms with E-state index >= 15 is 0 Å². The van der Waals surface area contributed by atoms with Gasteiger partial charge in [-0.15, -0.1) is 11.3 Å². The zero-order chi connectivity index (χ0) is 31.9. The van der Waals surface area contributed by atoms with Gasteiger partial charge in [0.05, 0.1) is 22.2 Å². The van der Waals surface area contributed by atoms with E-state index in [-0.39, 0.29) is 0 Å². The highest BCUT2D eigenvalue weighted by Gasteiger charge is 2.28. The van der Waals surface area contributed by atoms with Gasteiger partial charge in [-0.05, 0) is 95.9 Å². The summed E-state index contributed by atoms with van der Waals surface area (Å²) in [5, 5.41) is 5.25.